The molecule has 2 aliphatic heterocycles. The fourth-order valence-electron chi connectivity index (χ4n) is 10.7. The molecule has 2 N–H and O–H groups in total. The first-order chi connectivity index (χ1) is 30.3. The first-order valence-electron chi connectivity index (χ1n) is 22.8. The maximum absolute atomic E-state index is 5.88. The molecular formula is C60H62N4. The second-order valence-corrected chi connectivity index (χ2v) is 19.4. The van der Waals surface area contributed by atoms with Crippen molar-refractivity contribution in [1.82, 2.24) is 19.9 Å². The van der Waals surface area contributed by atoms with E-state index in [2.05, 4.69) is 194 Å². The predicted octanol–water partition coefficient (Wildman–Crippen LogP) is 16.6. The molecular weight excluding hydrogens is 777 g/mol. The van der Waals surface area contributed by atoms with Gasteiger partial charge in [-0.2, -0.15) is 0 Å². The van der Waals surface area contributed by atoms with E-state index in [9.17, 15) is 0 Å². The number of allylic oxidation sites excluding steroid dienone is 4. The third kappa shape index (κ3) is 6.99. The van der Waals surface area contributed by atoms with Gasteiger partial charge < -0.3 is 9.97 Å². The highest BCUT2D eigenvalue weighted by molar-refractivity contribution is 6.08. The summed E-state index contributed by atoms with van der Waals surface area (Å²) in [6, 6.07) is 27.7. The van der Waals surface area contributed by atoms with Crippen LogP contribution in [0, 0.1) is 83.1 Å². The lowest BCUT2D eigenvalue weighted by atomic mass is 9.92. The van der Waals surface area contributed by atoms with Gasteiger partial charge in [-0.1, -0.05) is 117 Å². The first kappa shape index (κ1) is 42.8. The second-order valence-electron chi connectivity index (χ2n) is 19.4. The van der Waals surface area contributed by atoms with Gasteiger partial charge in [0.05, 0.1) is 44.8 Å². The van der Waals surface area contributed by atoms with Crippen molar-refractivity contribution in [2.45, 2.75) is 111 Å². The molecule has 0 amide bonds. The molecule has 0 unspecified atom stereocenters. The van der Waals surface area contributed by atoms with Gasteiger partial charge in [0, 0.05) is 22.3 Å². The topological polar surface area (TPSA) is 57.4 Å². The number of hydrogen-bond acceptors (Lipinski definition) is 2. The Hall–Kier alpha value is -6.52. The lowest BCUT2D eigenvalue weighted by Gasteiger charge is -2.11. The van der Waals surface area contributed by atoms with Crippen molar-refractivity contribution in [2.75, 3.05) is 0 Å². The van der Waals surface area contributed by atoms with Crippen LogP contribution in [0.2, 0.25) is 0 Å². The summed E-state index contributed by atoms with van der Waals surface area (Å²) in [4.78, 5) is 20.1. The van der Waals surface area contributed by atoms with Crippen molar-refractivity contribution in [3.8, 4) is 44.5 Å². The van der Waals surface area contributed by atoms with Gasteiger partial charge in [-0.3, -0.25) is 0 Å². The Kier molecular flexibility index (Phi) is 10.4. The molecule has 0 aliphatic carbocycles. The zero-order valence-electron chi connectivity index (χ0n) is 40.8. The monoisotopic (exact) mass is 838 g/mol. The Labute approximate surface area is 380 Å². The molecule has 4 aromatic carbocycles. The number of nitrogens with one attached hydrogen (secondary N) is 2. The largest absolute Gasteiger partial charge is 0.354 e. The van der Waals surface area contributed by atoms with Crippen LogP contribution in [0.15, 0.2) is 72.8 Å². The summed E-state index contributed by atoms with van der Waals surface area (Å²) in [6.45, 7) is 35.8. The smallest absolute Gasteiger partial charge is 0.0769 e. The summed E-state index contributed by atoms with van der Waals surface area (Å²) in [7, 11) is 0. The Morgan fingerprint density at radius 2 is 0.422 bits per heavy atom. The van der Waals surface area contributed by atoms with E-state index < -0.39 is 0 Å². The molecule has 4 nitrogen and oxygen atoms in total. The van der Waals surface area contributed by atoms with Gasteiger partial charge in [0.1, 0.15) is 0 Å². The highest BCUT2D eigenvalue weighted by atomic mass is 14.8. The Morgan fingerprint density at radius 1 is 0.250 bits per heavy atom. The fourth-order valence-corrected chi connectivity index (χ4v) is 10.7. The molecule has 4 heteroatoms. The molecule has 0 saturated carbocycles. The molecule has 0 radical (unpaired) electrons. The fraction of sp³-hybridized carbons (Fsp3) is 0.267. The zero-order chi connectivity index (χ0) is 45.8. The standard InChI is InChI=1S/C60H62N4/c1-29-17-30(2)22-45(21-29)49-53-37(9)39(11)55(61-53)50(46-23-31(3)18-32(4)24-46)57-41(13)43(15)59(63-57)52(48-27-35(7)20-36(8)28-48)60-44(16)42(14)58(64-60)51(47-25-33(5)19-34(6)26-47)56-40(12)38(10)54(49)62-56/h17-28,61,64H,1-16H3. The molecule has 0 fully saturated rings. The van der Waals surface area contributed by atoms with Crippen molar-refractivity contribution < 1.29 is 0 Å². The molecule has 3 aromatic heterocycles. The predicted molar refractivity (Wildman–Crippen MR) is 276 cm³/mol. The third-order valence-electron chi connectivity index (χ3n) is 14.1. The van der Waals surface area contributed by atoms with Gasteiger partial charge in [0.2, 0.25) is 0 Å². The summed E-state index contributed by atoms with van der Waals surface area (Å²) in [5.41, 5.74) is 36.8. The maximum Gasteiger partial charge on any atom is 0.0769 e. The van der Waals surface area contributed by atoms with Crippen molar-refractivity contribution in [2.24, 2.45) is 0 Å². The van der Waals surface area contributed by atoms with E-state index in [-0.39, 0.29) is 0 Å². The van der Waals surface area contributed by atoms with E-state index >= 15 is 0 Å². The van der Waals surface area contributed by atoms with Crippen LogP contribution >= 0.6 is 0 Å². The number of H-pyrrole nitrogens is 2. The van der Waals surface area contributed by atoms with Crippen LogP contribution in [-0.4, -0.2) is 19.9 Å². The zero-order valence-corrected chi connectivity index (χ0v) is 40.8. The summed E-state index contributed by atoms with van der Waals surface area (Å²) in [5, 5.41) is 0. The molecule has 0 atom stereocenters. The van der Waals surface area contributed by atoms with Gasteiger partial charge in [0.25, 0.3) is 0 Å². The summed E-state index contributed by atoms with van der Waals surface area (Å²) in [5.74, 6) is 0. The van der Waals surface area contributed by atoms with Crippen molar-refractivity contribution in [3.05, 3.63) is 162 Å². The van der Waals surface area contributed by atoms with Crippen molar-refractivity contribution in [1.29, 1.82) is 0 Å². The minimum absolute atomic E-state index is 1.000. The molecule has 0 spiro atoms. The SMILES string of the molecule is CC1=C(C)c2nc1c(-c1cc(C)cc(C)c1)c1[nH]c(c(C)c1C)c(-c1cc(C)cc(C)c1)c1nc(c(-c3cc(C)cc(C)c3)c3[nH]c(c(C)c3C)c2-c2cc(C)cc(C)c2)C(C)=C1C. The average molecular weight is 839 g/mol. The average Bonchev–Trinajstić information content (AvgIpc) is 3.86. The highest BCUT2D eigenvalue weighted by Gasteiger charge is 2.29. The van der Waals surface area contributed by atoms with E-state index in [1.165, 1.54) is 89.1 Å². The number of hydrogen-bond donors (Lipinski definition) is 2. The minimum Gasteiger partial charge on any atom is -0.354 e. The minimum atomic E-state index is 1.000. The Morgan fingerprint density at radius 3 is 0.594 bits per heavy atom. The van der Waals surface area contributed by atoms with Crippen LogP contribution in [0.5, 0.6) is 0 Å². The molecule has 64 heavy (non-hydrogen) atoms. The number of fused-ring (bicyclic) bond motifs is 8. The van der Waals surface area contributed by atoms with Gasteiger partial charge in [0.15, 0.2) is 0 Å². The summed E-state index contributed by atoms with van der Waals surface area (Å²) >= 11 is 0. The van der Waals surface area contributed by atoms with Crippen LogP contribution < -0.4 is 0 Å². The van der Waals surface area contributed by atoms with Crippen LogP contribution in [0.4, 0.5) is 0 Å². The van der Waals surface area contributed by atoms with E-state index in [1.807, 2.05) is 0 Å². The number of nitrogens with zero attached hydrogens (tertiary/aromatic N) is 2. The number of rotatable bonds is 4. The maximum atomic E-state index is 5.88. The number of aryl methyl sites for hydroxylation is 12. The van der Waals surface area contributed by atoms with Crippen LogP contribution in [0.3, 0.4) is 0 Å². The first-order valence-corrected chi connectivity index (χ1v) is 22.8. The van der Waals surface area contributed by atoms with Crippen molar-refractivity contribution >= 4 is 44.4 Å². The molecule has 322 valence electrons. The molecule has 9 rings (SSSR count). The normalized spacial score (nSPS) is 12.9. The van der Waals surface area contributed by atoms with Gasteiger partial charge >= 0.3 is 0 Å². The molecule has 0 saturated heterocycles. The van der Waals surface area contributed by atoms with Crippen LogP contribution in [-0.2, 0) is 0 Å². The van der Waals surface area contributed by atoms with Gasteiger partial charge in [-0.25, -0.2) is 9.97 Å². The van der Waals surface area contributed by atoms with Gasteiger partial charge in [-0.05, 0) is 178 Å². The third-order valence-corrected chi connectivity index (χ3v) is 14.1. The van der Waals surface area contributed by atoms with Crippen molar-refractivity contribution in [3.63, 3.8) is 0 Å². The lowest BCUT2D eigenvalue weighted by Crippen LogP contribution is -1.93. The van der Waals surface area contributed by atoms with Crippen LogP contribution in [0.1, 0.15) is 117 Å². The second kappa shape index (κ2) is 15.6. The Balaban J connectivity index is 1.65. The van der Waals surface area contributed by atoms with Crippen LogP contribution in [0.25, 0.3) is 88.9 Å². The van der Waals surface area contributed by atoms with Gasteiger partial charge in [-0.15, -0.1) is 0 Å². The molecule has 5 heterocycles. The summed E-state index contributed by atoms with van der Waals surface area (Å²) in [6.07, 6.45) is 0. The number of benzene rings is 4. The quantitative estimate of drug-likeness (QED) is 0.185. The van der Waals surface area contributed by atoms with E-state index in [0.29, 0.717) is 0 Å². The number of aromatic nitrogens is 4. The van der Waals surface area contributed by atoms with E-state index in [4.69, 9.17) is 9.97 Å². The Bertz CT molecular complexity index is 2900. The van der Waals surface area contributed by atoms with E-state index in [1.54, 1.807) is 0 Å². The molecule has 7 aromatic rings. The highest BCUT2D eigenvalue weighted by Crippen LogP contribution is 2.48. The number of aromatic amines is 2. The summed E-state index contributed by atoms with van der Waals surface area (Å²) < 4.78 is 0. The lowest BCUT2D eigenvalue weighted by molar-refractivity contribution is 1.28. The molecule has 8 bridgehead atoms. The van der Waals surface area contributed by atoms with E-state index in [0.717, 1.165) is 89.4 Å². The molecule has 2 aliphatic rings.